The number of para-hydroxylation sites is 1. The fraction of sp³-hybridized carbons (Fsp3) is 0.625. The van der Waals surface area contributed by atoms with Crippen LogP contribution in [0.4, 0.5) is 5.69 Å². The molecular weight excluding hydrogens is 256 g/mol. The van der Waals surface area contributed by atoms with Gasteiger partial charge in [0, 0.05) is 19.6 Å². The molecule has 0 saturated carbocycles. The lowest BCUT2D eigenvalue weighted by Crippen LogP contribution is -2.25. The lowest BCUT2D eigenvalue weighted by Gasteiger charge is -2.25. The van der Waals surface area contributed by atoms with Crippen LogP contribution in [0.25, 0.3) is 0 Å². The lowest BCUT2D eigenvalue weighted by atomic mass is 10.0. The summed E-state index contributed by atoms with van der Waals surface area (Å²) in [5, 5.41) is 0.833. The summed E-state index contributed by atoms with van der Waals surface area (Å²) in [5.41, 5.74) is 8.51. The average molecular weight is 283 g/mol. The van der Waals surface area contributed by atoms with Crippen molar-refractivity contribution in [1.82, 2.24) is 0 Å². The summed E-state index contributed by atoms with van der Waals surface area (Å²) in [6, 6.07) is 6.34. The summed E-state index contributed by atoms with van der Waals surface area (Å²) in [4.78, 5) is 2.27. The normalized spacial score (nSPS) is 12.5. The molecule has 1 aromatic carbocycles. The van der Waals surface area contributed by atoms with E-state index in [0.29, 0.717) is 0 Å². The molecule has 0 aliphatic carbocycles. The van der Waals surface area contributed by atoms with Crippen molar-refractivity contribution in [1.29, 1.82) is 0 Å². The fourth-order valence-corrected chi connectivity index (χ4v) is 2.63. The van der Waals surface area contributed by atoms with E-state index in [0.717, 1.165) is 30.1 Å². The van der Waals surface area contributed by atoms with Crippen molar-refractivity contribution in [3.63, 3.8) is 0 Å². The highest BCUT2D eigenvalue weighted by Crippen LogP contribution is 2.30. The third-order valence-corrected chi connectivity index (χ3v) is 3.86. The van der Waals surface area contributed by atoms with Gasteiger partial charge in [-0.05, 0) is 30.9 Å². The van der Waals surface area contributed by atoms with Crippen LogP contribution < -0.4 is 10.6 Å². The molecule has 0 aliphatic rings. The highest BCUT2D eigenvalue weighted by Gasteiger charge is 2.13. The molecule has 0 amide bonds. The highest BCUT2D eigenvalue weighted by molar-refractivity contribution is 6.33. The molecule has 0 heterocycles. The summed E-state index contributed by atoms with van der Waals surface area (Å²) in [5.74, 6) is 0. The van der Waals surface area contributed by atoms with Crippen molar-refractivity contribution in [2.45, 2.75) is 52.0 Å². The molecule has 19 heavy (non-hydrogen) atoms. The summed E-state index contributed by atoms with van der Waals surface area (Å²) in [7, 11) is 2.12. The van der Waals surface area contributed by atoms with Gasteiger partial charge in [-0.3, -0.25) is 0 Å². The first kappa shape index (κ1) is 16.3. The molecule has 0 aromatic heterocycles. The lowest BCUT2D eigenvalue weighted by molar-refractivity contribution is 0.643. The standard InChI is InChI=1S/C16H27ClN2/c1-4-6-7-11-19(3)16-13(12-14(18)5-2)9-8-10-15(16)17/h8-10,14H,4-7,11-12,18H2,1-3H3. The minimum atomic E-state index is 0.209. The van der Waals surface area contributed by atoms with Crippen molar-refractivity contribution >= 4 is 17.3 Å². The molecule has 1 atom stereocenters. The second kappa shape index (κ2) is 8.44. The van der Waals surface area contributed by atoms with Gasteiger partial charge in [0.2, 0.25) is 0 Å². The molecule has 2 nitrogen and oxygen atoms in total. The third kappa shape index (κ3) is 5.04. The van der Waals surface area contributed by atoms with E-state index in [1.807, 2.05) is 12.1 Å². The Labute approximate surface area is 122 Å². The first-order valence-electron chi connectivity index (χ1n) is 7.34. The zero-order chi connectivity index (χ0) is 14.3. The van der Waals surface area contributed by atoms with Crippen molar-refractivity contribution in [2.24, 2.45) is 5.73 Å². The molecule has 0 fully saturated rings. The van der Waals surface area contributed by atoms with Gasteiger partial charge in [-0.15, -0.1) is 0 Å². The average Bonchev–Trinajstić information content (AvgIpc) is 2.38. The van der Waals surface area contributed by atoms with Crippen molar-refractivity contribution < 1.29 is 0 Å². The van der Waals surface area contributed by atoms with Gasteiger partial charge in [0.05, 0.1) is 10.7 Å². The minimum absolute atomic E-state index is 0.209. The van der Waals surface area contributed by atoms with Crippen LogP contribution in [0.3, 0.4) is 0 Å². The van der Waals surface area contributed by atoms with E-state index in [2.05, 4.69) is 31.9 Å². The Morgan fingerprint density at radius 2 is 2.00 bits per heavy atom. The first-order chi connectivity index (χ1) is 9.10. The van der Waals surface area contributed by atoms with Gasteiger partial charge in [0.25, 0.3) is 0 Å². The molecule has 1 unspecified atom stereocenters. The maximum Gasteiger partial charge on any atom is 0.0642 e. The summed E-state index contributed by atoms with van der Waals surface area (Å²) in [6.07, 6.45) is 5.59. The van der Waals surface area contributed by atoms with Gasteiger partial charge < -0.3 is 10.6 Å². The van der Waals surface area contributed by atoms with E-state index in [9.17, 15) is 0 Å². The van der Waals surface area contributed by atoms with Crippen LogP contribution in [0.2, 0.25) is 5.02 Å². The van der Waals surface area contributed by atoms with Gasteiger partial charge in [0.15, 0.2) is 0 Å². The van der Waals surface area contributed by atoms with Gasteiger partial charge in [-0.1, -0.05) is 50.4 Å². The quantitative estimate of drug-likeness (QED) is 0.723. The van der Waals surface area contributed by atoms with E-state index in [1.54, 1.807) is 0 Å². The molecule has 1 aromatic rings. The SMILES string of the molecule is CCCCCN(C)c1c(Cl)cccc1CC(N)CC. The van der Waals surface area contributed by atoms with E-state index < -0.39 is 0 Å². The minimum Gasteiger partial charge on any atom is -0.373 e. The molecule has 0 bridgehead atoms. The summed E-state index contributed by atoms with van der Waals surface area (Å²) in [6.45, 7) is 5.40. The van der Waals surface area contributed by atoms with E-state index in [-0.39, 0.29) is 6.04 Å². The molecule has 3 heteroatoms. The summed E-state index contributed by atoms with van der Waals surface area (Å²) >= 11 is 6.38. The number of anilines is 1. The number of nitrogens with zero attached hydrogens (tertiary/aromatic N) is 1. The van der Waals surface area contributed by atoms with E-state index in [1.165, 1.54) is 24.8 Å². The van der Waals surface area contributed by atoms with Crippen molar-refractivity contribution in [3.8, 4) is 0 Å². The zero-order valence-electron chi connectivity index (χ0n) is 12.5. The Morgan fingerprint density at radius 3 is 2.63 bits per heavy atom. The number of hydrogen-bond donors (Lipinski definition) is 1. The maximum atomic E-state index is 6.38. The number of rotatable bonds is 8. The summed E-state index contributed by atoms with van der Waals surface area (Å²) < 4.78 is 0. The van der Waals surface area contributed by atoms with Gasteiger partial charge in [-0.25, -0.2) is 0 Å². The second-order valence-electron chi connectivity index (χ2n) is 5.25. The number of unbranched alkanes of at least 4 members (excludes halogenated alkanes) is 2. The fourth-order valence-electron chi connectivity index (χ4n) is 2.29. The number of benzene rings is 1. The van der Waals surface area contributed by atoms with Crippen LogP contribution in [0.15, 0.2) is 18.2 Å². The molecule has 1 rings (SSSR count). The zero-order valence-corrected chi connectivity index (χ0v) is 13.2. The third-order valence-electron chi connectivity index (χ3n) is 3.56. The Kier molecular flexibility index (Phi) is 7.25. The highest BCUT2D eigenvalue weighted by atomic mass is 35.5. The van der Waals surface area contributed by atoms with Crippen LogP contribution in [-0.2, 0) is 6.42 Å². The molecule has 0 aliphatic heterocycles. The topological polar surface area (TPSA) is 29.3 Å². The Bertz CT molecular complexity index is 379. The van der Waals surface area contributed by atoms with E-state index in [4.69, 9.17) is 17.3 Å². The first-order valence-corrected chi connectivity index (χ1v) is 7.72. The number of halogens is 1. The molecule has 0 saturated heterocycles. The number of nitrogens with two attached hydrogens (primary N) is 1. The largest absolute Gasteiger partial charge is 0.373 e. The maximum absolute atomic E-state index is 6.38. The monoisotopic (exact) mass is 282 g/mol. The molecule has 2 N–H and O–H groups in total. The van der Waals surface area contributed by atoms with Crippen LogP contribution >= 0.6 is 11.6 Å². The Balaban J connectivity index is 2.84. The van der Waals surface area contributed by atoms with Crippen LogP contribution in [-0.4, -0.2) is 19.6 Å². The van der Waals surface area contributed by atoms with Gasteiger partial charge >= 0.3 is 0 Å². The second-order valence-corrected chi connectivity index (χ2v) is 5.66. The smallest absolute Gasteiger partial charge is 0.0642 e. The molecule has 0 spiro atoms. The van der Waals surface area contributed by atoms with E-state index >= 15 is 0 Å². The molecule has 0 radical (unpaired) electrons. The number of hydrogen-bond acceptors (Lipinski definition) is 2. The predicted octanol–water partition coefficient (Wildman–Crippen LogP) is 4.25. The van der Waals surface area contributed by atoms with Crippen LogP contribution in [0.1, 0.15) is 45.1 Å². The Hall–Kier alpha value is -0.730. The predicted molar refractivity (Wildman–Crippen MR) is 86.2 cm³/mol. The van der Waals surface area contributed by atoms with Crippen molar-refractivity contribution in [2.75, 3.05) is 18.5 Å². The van der Waals surface area contributed by atoms with Gasteiger partial charge in [-0.2, -0.15) is 0 Å². The molecular formula is C16H27ClN2. The van der Waals surface area contributed by atoms with Crippen LogP contribution in [0.5, 0.6) is 0 Å². The van der Waals surface area contributed by atoms with Crippen LogP contribution in [0, 0.1) is 0 Å². The molecule has 108 valence electrons. The van der Waals surface area contributed by atoms with Crippen molar-refractivity contribution in [3.05, 3.63) is 28.8 Å². The Morgan fingerprint density at radius 1 is 1.26 bits per heavy atom. The van der Waals surface area contributed by atoms with Gasteiger partial charge in [0.1, 0.15) is 0 Å².